The molecule has 0 bridgehead atoms. The third-order valence-electron chi connectivity index (χ3n) is 6.39. The summed E-state index contributed by atoms with van der Waals surface area (Å²) in [5.41, 5.74) is 11.0. The second-order valence-electron chi connectivity index (χ2n) is 8.77. The third kappa shape index (κ3) is 5.01. The number of hydrogen-bond acceptors (Lipinski definition) is 7. The number of carbonyl (C=O) groups excluding carboxylic acids is 1. The Morgan fingerprint density at radius 3 is 2.32 bits per heavy atom. The molecule has 3 aromatic carbocycles. The number of thiophene rings is 1. The Hall–Kier alpha value is -2.84. The maximum Gasteiger partial charge on any atom is 0.191 e. The van der Waals surface area contributed by atoms with Crippen molar-refractivity contribution in [2.24, 2.45) is 0 Å². The molecule has 0 aliphatic carbocycles. The van der Waals surface area contributed by atoms with Crippen LogP contribution in [-0.4, -0.2) is 21.5 Å². The summed E-state index contributed by atoms with van der Waals surface area (Å²) in [5.74, 6) is 0.714. The molecule has 37 heavy (non-hydrogen) atoms. The molecule has 1 aliphatic heterocycles. The van der Waals surface area contributed by atoms with Crippen LogP contribution in [0, 0.1) is 0 Å². The van der Waals surface area contributed by atoms with Crippen molar-refractivity contribution in [3.63, 3.8) is 0 Å². The fraction of sp³-hybridized carbons (Fsp3) is 0.138. The highest BCUT2D eigenvalue weighted by Crippen LogP contribution is 2.55. The standard InChI is InChI=1S/C29H22ClN3OS3/c30-20-13-11-17(12-14-20)22(34)16-35-29-32-27(31)24-21-15-23(18-7-3-1-4-8-18)36-25(19-9-5-2-6-10-19)26(21)37-28(24)33-29/h1-14,23,25H,15-16H2,(H2,31,32,33). The molecule has 0 fully saturated rings. The van der Waals surface area contributed by atoms with Crippen molar-refractivity contribution >= 4 is 68.3 Å². The first-order valence-electron chi connectivity index (χ1n) is 11.8. The summed E-state index contributed by atoms with van der Waals surface area (Å²) in [6.45, 7) is 0. The number of ketones is 1. The van der Waals surface area contributed by atoms with Crippen LogP contribution in [0.1, 0.15) is 42.4 Å². The van der Waals surface area contributed by atoms with Gasteiger partial charge in [-0.2, -0.15) is 0 Å². The molecule has 6 rings (SSSR count). The molecule has 4 nitrogen and oxygen atoms in total. The van der Waals surface area contributed by atoms with E-state index in [0.29, 0.717) is 26.8 Å². The van der Waals surface area contributed by atoms with Gasteiger partial charge in [0.05, 0.1) is 16.4 Å². The van der Waals surface area contributed by atoms with E-state index in [0.717, 1.165) is 16.6 Å². The van der Waals surface area contributed by atoms with E-state index in [-0.39, 0.29) is 16.8 Å². The van der Waals surface area contributed by atoms with Crippen LogP contribution in [0.25, 0.3) is 10.2 Å². The average molecular weight is 560 g/mol. The SMILES string of the molecule is Nc1nc(SCC(=O)c2ccc(Cl)cc2)nc2sc3c(c12)CC(c1ccccc1)SC3c1ccccc1. The summed E-state index contributed by atoms with van der Waals surface area (Å²) < 4.78 is 0. The second-order valence-corrected chi connectivity index (χ2v) is 12.5. The van der Waals surface area contributed by atoms with E-state index < -0.39 is 0 Å². The van der Waals surface area contributed by atoms with Crippen molar-refractivity contribution < 1.29 is 4.79 Å². The van der Waals surface area contributed by atoms with E-state index in [4.69, 9.17) is 22.3 Å². The number of thioether (sulfide) groups is 2. The number of aromatic nitrogens is 2. The van der Waals surface area contributed by atoms with Crippen molar-refractivity contribution in [3.8, 4) is 0 Å². The Morgan fingerprint density at radius 1 is 0.946 bits per heavy atom. The lowest BCUT2D eigenvalue weighted by atomic mass is 9.98. The predicted octanol–water partition coefficient (Wildman–Crippen LogP) is 8.02. The number of nitrogens with two attached hydrogens (primary N) is 1. The van der Waals surface area contributed by atoms with E-state index in [2.05, 4.69) is 65.6 Å². The first-order valence-corrected chi connectivity index (χ1v) is 14.9. The lowest BCUT2D eigenvalue weighted by Gasteiger charge is -2.30. The molecule has 8 heteroatoms. The van der Waals surface area contributed by atoms with Crippen LogP contribution >= 0.6 is 46.5 Å². The monoisotopic (exact) mass is 559 g/mol. The number of anilines is 1. The van der Waals surface area contributed by atoms with E-state index in [1.54, 1.807) is 35.6 Å². The molecule has 5 aromatic rings. The van der Waals surface area contributed by atoms with Gasteiger partial charge in [0.25, 0.3) is 0 Å². The maximum atomic E-state index is 12.7. The van der Waals surface area contributed by atoms with Crippen LogP contribution in [0.4, 0.5) is 5.82 Å². The number of hydrogen-bond donors (Lipinski definition) is 1. The van der Waals surface area contributed by atoms with E-state index >= 15 is 0 Å². The van der Waals surface area contributed by atoms with Crippen molar-refractivity contribution in [2.75, 3.05) is 11.5 Å². The number of Topliss-reactive ketones (excluding diaryl/α,β-unsaturated/α-hetero) is 1. The van der Waals surface area contributed by atoms with Crippen molar-refractivity contribution in [3.05, 3.63) is 117 Å². The fourth-order valence-electron chi connectivity index (χ4n) is 4.59. The Bertz CT molecular complexity index is 1570. The van der Waals surface area contributed by atoms with Crippen LogP contribution in [0.5, 0.6) is 0 Å². The van der Waals surface area contributed by atoms with Gasteiger partial charge >= 0.3 is 0 Å². The first-order chi connectivity index (χ1) is 18.1. The van der Waals surface area contributed by atoms with Crippen molar-refractivity contribution in [1.82, 2.24) is 9.97 Å². The van der Waals surface area contributed by atoms with Gasteiger partial charge in [-0.25, -0.2) is 9.97 Å². The molecule has 184 valence electrons. The zero-order chi connectivity index (χ0) is 25.4. The van der Waals surface area contributed by atoms with Crippen molar-refractivity contribution in [1.29, 1.82) is 0 Å². The Balaban J connectivity index is 1.35. The minimum Gasteiger partial charge on any atom is -0.383 e. The van der Waals surface area contributed by atoms with E-state index in [1.165, 1.54) is 33.3 Å². The maximum absolute atomic E-state index is 12.7. The molecule has 2 aromatic heterocycles. The Kier molecular flexibility index (Phi) is 6.95. The summed E-state index contributed by atoms with van der Waals surface area (Å²) in [7, 11) is 0. The average Bonchev–Trinajstić information content (AvgIpc) is 3.31. The van der Waals surface area contributed by atoms with Gasteiger partial charge in [-0.1, -0.05) is 84.0 Å². The molecule has 0 spiro atoms. The number of halogens is 1. The highest BCUT2D eigenvalue weighted by atomic mass is 35.5. The molecule has 3 heterocycles. The number of nitrogen functional groups attached to an aromatic ring is 1. The third-order valence-corrected chi connectivity index (χ3v) is 10.4. The highest BCUT2D eigenvalue weighted by molar-refractivity contribution is 8.00. The van der Waals surface area contributed by atoms with Gasteiger partial charge in [0.15, 0.2) is 10.9 Å². The zero-order valence-electron chi connectivity index (χ0n) is 19.6. The second kappa shape index (κ2) is 10.5. The van der Waals surface area contributed by atoms with Gasteiger partial charge in [-0.15, -0.1) is 23.1 Å². The van der Waals surface area contributed by atoms with Crippen molar-refractivity contribution in [2.45, 2.75) is 22.1 Å². The van der Waals surface area contributed by atoms with Crippen LogP contribution in [0.3, 0.4) is 0 Å². The number of nitrogens with zero attached hydrogens (tertiary/aromatic N) is 2. The zero-order valence-corrected chi connectivity index (χ0v) is 22.8. The molecule has 2 unspecified atom stereocenters. The topological polar surface area (TPSA) is 68.9 Å². The molecular weight excluding hydrogens is 538 g/mol. The summed E-state index contributed by atoms with van der Waals surface area (Å²) in [5, 5.41) is 2.58. The summed E-state index contributed by atoms with van der Waals surface area (Å²) in [4.78, 5) is 24.3. The minimum atomic E-state index is 0.000605. The highest BCUT2D eigenvalue weighted by Gasteiger charge is 2.34. The molecule has 0 amide bonds. The summed E-state index contributed by atoms with van der Waals surface area (Å²) in [6, 6.07) is 28.2. The number of carbonyl (C=O) groups is 1. The number of benzene rings is 3. The molecule has 0 saturated carbocycles. The molecule has 1 aliphatic rings. The lowest BCUT2D eigenvalue weighted by molar-refractivity contribution is 0.102. The predicted molar refractivity (Wildman–Crippen MR) is 157 cm³/mol. The minimum absolute atomic E-state index is 0.000605. The van der Waals surface area contributed by atoms with Crippen LogP contribution in [0.2, 0.25) is 5.02 Å². The van der Waals surface area contributed by atoms with Crippen LogP contribution < -0.4 is 5.73 Å². The quantitative estimate of drug-likeness (QED) is 0.129. The molecular formula is C29H22ClN3OS3. The normalized spacial score (nSPS) is 17.0. The lowest BCUT2D eigenvalue weighted by Crippen LogP contribution is -2.12. The van der Waals surface area contributed by atoms with E-state index in [9.17, 15) is 4.79 Å². The van der Waals surface area contributed by atoms with Crippen LogP contribution in [-0.2, 0) is 6.42 Å². The first kappa shape index (κ1) is 24.5. The number of fused-ring (bicyclic) bond motifs is 3. The van der Waals surface area contributed by atoms with Crippen LogP contribution in [0.15, 0.2) is 90.1 Å². The molecule has 2 N–H and O–H groups in total. The largest absolute Gasteiger partial charge is 0.383 e. The van der Waals surface area contributed by atoms with Gasteiger partial charge < -0.3 is 5.73 Å². The molecule has 2 atom stereocenters. The van der Waals surface area contributed by atoms with Gasteiger partial charge in [-0.3, -0.25) is 4.79 Å². The fourth-order valence-corrected chi connectivity index (χ4v) is 8.54. The Labute approximate surface area is 232 Å². The van der Waals surface area contributed by atoms with E-state index in [1.807, 2.05) is 11.8 Å². The van der Waals surface area contributed by atoms with Gasteiger partial charge in [0.2, 0.25) is 0 Å². The number of rotatable bonds is 6. The summed E-state index contributed by atoms with van der Waals surface area (Å²) in [6.07, 6.45) is 0.877. The molecule has 0 radical (unpaired) electrons. The van der Waals surface area contributed by atoms with Gasteiger partial charge in [-0.05, 0) is 47.4 Å². The summed E-state index contributed by atoms with van der Waals surface area (Å²) >= 11 is 10.9. The molecule has 0 saturated heterocycles. The smallest absolute Gasteiger partial charge is 0.191 e. The Morgan fingerprint density at radius 2 is 1.62 bits per heavy atom. The van der Waals surface area contributed by atoms with Gasteiger partial charge in [0.1, 0.15) is 10.6 Å². The van der Waals surface area contributed by atoms with Gasteiger partial charge in [0, 0.05) is 20.7 Å².